The van der Waals surface area contributed by atoms with Crippen LogP contribution < -0.4 is 5.73 Å². The molecule has 0 saturated heterocycles. The van der Waals surface area contributed by atoms with Crippen molar-refractivity contribution in [2.75, 3.05) is 0 Å². The minimum Gasteiger partial charge on any atom is -0.324 e. The van der Waals surface area contributed by atoms with Crippen molar-refractivity contribution in [3.8, 4) is 11.3 Å². The molecule has 1 aromatic carbocycles. The lowest BCUT2D eigenvalue weighted by molar-refractivity contribution is 0.630. The molecular weight excluding hydrogens is 229 g/mol. The molecule has 0 radical (unpaired) electrons. The number of pyridine rings is 1. The minimum absolute atomic E-state index is 0.248. The zero-order valence-electron chi connectivity index (χ0n) is 9.68. The summed E-state index contributed by atoms with van der Waals surface area (Å²) in [5, 5.41) is 0. The summed E-state index contributed by atoms with van der Waals surface area (Å²) in [4.78, 5) is 4.25. The van der Waals surface area contributed by atoms with E-state index in [0.717, 1.165) is 17.0 Å². The van der Waals surface area contributed by atoms with Crippen LogP contribution in [0.4, 0.5) is 4.39 Å². The number of imidazole rings is 1. The van der Waals surface area contributed by atoms with Gasteiger partial charge in [-0.2, -0.15) is 0 Å². The predicted molar refractivity (Wildman–Crippen MR) is 68.5 cm³/mol. The Labute approximate surface area is 104 Å². The van der Waals surface area contributed by atoms with Crippen LogP contribution in [0.25, 0.3) is 16.8 Å². The lowest BCUT2D eigenvalue weighted by Crippen LogP contribution is -2.05. The number of aromatic nitrogens is 2. The SMILES string of the molecule is NCc1ncc2cccc(-c3ccccc3F)n12. The number of rotatable bonds is 2. The first-order valence-corrected chi connectivity index (χ1v) is 5.71. The van der Waals surface area contributed by atoms with Crippen molar-refractivity contribution in [1.29, 1.82) is 0 Å². The molecule has 3 nitrogen and oxygen atoms in total. The van der Waals surface area contributed by atoms with Crippen LogP contribution in [-0.4, -0.2) is 9.38 Å². The summed E-state index contributed by atoms with van der Waals surface area (Å²) in [6, 6.07) is 12.4. The third-order valence-corrected chi connectivity index (χ3v) is 2.96. The molecule has 0 fully saturated rings. The number of halogens is 1. The first-order chi connectivity index (χ1) is 8.81. The van der Waals surface area contributed by atoms with Gasteiger partial charge < -0.3 is 5.73 Å². The maximum absolute atomic E-state index is 13.9. The highest BCUT2D eigenvalue weighted by Gasteiger charge is 2.10. The molecule has 0 saturated carbocycles. The Hall–Kier alpha value is -2.20. The van der Waals surface area contributed by atoms with Crippen molar-refractivity contribution in [3.05, 3.63) is 60.3 Å². The fourth-order valence-electron chi connectivity index (χ4n) is 2.14. The normalized spacial score (nSPS) is 11.0. The zero-order chi connectivity index (χ0) is 12.5. The number of hydrogen-bond acceptors (Lipinski definition) is 2. The Morgan fingerprint density at radius 1 is 1.11 bits per heavy atom. The Bertz CT molecular complexity index is 703. The van der Waals surface area contributed by atoms with E-state index in [9.17, 15) is 4.39 Å². The van der Waals surface area contributed by atoms with Crippen molar-refractivity contribution in [3.63, 3.8) is 0 Å². The number of nitrogens with zero attached hydrogens (tertiary/aromatic N) is 2. The van der Waals surface area contributed by atoms with Gasteiger partial charge >= 0.3 is 0 Å². The van der Waals surface area contributed by atoms with Gasteiger partial charge in [-0.25, -0.2) is 9.37 Å². The van der Waals surface area contributed by atoms with Crippen LogP contribution in [-0.2, 0) is 6.54 Å². The predicted octanol–water partition coefficient (Wildman–Crippen LogP) is 2.60. The molecule has 90 valence electrons. The molecule has 0 aliphatic carbocycles. The molecule has 2 N–H and O–H groups in total. The number of hydrogen-bond donors (Lipinski definition) is 1. The van der Waals surface area contributed by atoms with E-state index in [0.29, 0.717) is 12.1 Å². The summed E-state index contributed by atoms with van der Waals surface area (Å²) < 4.78 is 15.8. The van der Waals surface area contributed by atoms with Crippen LogP contribution in [0.2, 0.25) is 0 Å². The summed E-state index contributed by atoms with van der Waals surface area (Å²) in [6.07, 6.45) is 1.74. The highest BCUT2D eigenvalue weighted by atomic mass is 19.1. The van der Waals surface area contributed by atoms with Crippen molar-refractivity contribution in [2.24, 2.45) is 5.73 Å². The molecule has 2 heterocycles. The largest absolute Gasteiger partial charge is 0.324 e. The highest BCUT2D eigenvalue weighted by molar-refractivity contribution is 5.65. The van der Waals surface area contributed by atoms with Crippen LogP contribution in [0.1, 0.15) is 5.82 Å². The summed E-state index contributed by atoms with van der Waals surface area (Å²) >= 11 is 0. The number of fused-ring (bicyclic) bond motifs is 1. The van der Waals surface area contributed by atoms with Crippen molar-refractivity contribution >= 4 is 5.52 Å². The quantitative estimate of drug-likeness (QED) is 0.749. The van der Waals surface area contributed by atoms with Crippen LogP contribution >= 0.6 is 0 Å². The van der Waals surface area contributed by atoms with Gasteiger partial charge in [-0.05, 0) is 24.3 Å². The molecule has 2 aromatic heterocycles. The van der Waals surface area contributed by atoms with Gasteiger partial charge in [0.05, 0.1) is 24.0 Å². The third-order valence-electron chi connectivity index (χ3n) is 2.96. The standard InChI is InChI=1S/C14H12FN3/c15-12-6-2-1-5-11(12)13-7-3-4-10-9-17-14(8-16)18(10)13/h1-7,9H,8,16H2. The fourth-order valence-corrected chi connectivity index (χ4v) is 2.14. The summed E-state index contributed by atoms with van der Waals surface area (Å²) in [6.45, 7) is 0.319. The molecule has 18 heavy (non-hydrogen) atoms. The van der Waals surface area contributed by atoms with Crippen LogP contribution in [0, 0.1) is 5.82 Å². The molecule has 0 spiro atoms. The second-order valence-electron chi connectivity index (χ2n) is 4.03. The average Bonchev–Trinajstić information content (AvgIpc) is 2.82. The van der Waals surface area contributed by atoms with E-state index in [1.54, 1.807) is 18.3 Å². The summed E-state index contributed by atoms with van der Waals surface area (Å²) in [7, 11) is 0. The maximum atomic E-state index is 13.9. The molecule has 0 unspecified atom stereocenters. The van der Waals surface area contributed by atoms with Gasteiger partial charge in [0.25, 0.3) is 0 Å². The topological polar surface area (TPSA) is 43.3 Å². The van der Waals surface area contributed by atoms with Gasteiger partial charge in [-0.3, -0.25) is 4.40 Å². The smallest absolute Gasteiger partial charge is 0.132 e. The van der Waals surface area contributed by atoms with Crippen LogP contribution in [0.5, 0.6) is 0 Å². The molecule has 0 aliphatic rings. The van der Waals surface area contributed by atoms with Gasteiger partial charge in [0.1, 0.15) is 11.6 Å². The van der Waals surface area contributed by atoms with E-state index >= 15 is 0 Å². The van der Waals surface area contributed by atoms with Crippen molar-refractivity contribution < 1.29 is 4.39 Å². The van der Waals surface area contributed by atoms with E-state index in [2.05, 4.69) is 4.98 Å². The number of benzene rings is 1. The van der Waals surface area contributed by atoms with Crippen LogP contribution in [0.15, 0.2) is 48.7 Å². The highest BCUT2D eigenvalue weighted by Crippen LogP contribution is 2.24. The molecule has 3 aromatic rings. The molecule has 3 rings (SSSR count). The first-order valence-electron chi connectivity index (χ1n) is 5.71. The molecule has 4 heteroatoms. The molecular formula is C14H12FN3. The Morgan fingerprint density at radius 3 is 2.72 bits per heavy atom. The van der Waals surface area contributed by atoms with E-state index in [4.69, 9.17) is 5.73 Å². The second-order valence-corrected chi connectivity index (χ2v) is 4.03. The third kappa shape index (κ3) is 1.58. The first kappa shape index (κ1) is 10.9. The lowest BCUT2D eigenvalue weighted by Gasteiger charge is -2.09. The van der Waals surface area contributed by atoms with Crippen molar-refractivity contribution in [1.82, 2.24) is 9.38 Å². The molecule has 0 bridgehead atoms. The maximum Gasteiger partial charge on any atom is 0.132 e. The van der Waals surface area contributed by atoms with E-state index in [1.165, 1.54) is 6.07 Å². The number of nitrogens with two attached hydrogens (primary N) is 1. The Kier molecular flexibility index (Phi) is 2.57. The Morgan fingerprint density at radius 2 is 1.94 bits per heavy atom. The van der Waals surface area contributed by atoms with Gasteiger partial charge in [-0.15, -0.1) is 0 Å². The fraction of sp³-hybridized carbons (Fsp3) is 0.0714. The summed E-state index contributed by atoms with van der Waals surface area (Å²) in [5.41, 5.74) is 7.90. The average molecular weight is 241 g/mol. The van der Waals surface area contributed by atoms with Crippen molar-refractivity contribution in [2.45, 2.75) is 6.54 Å². The van der Waals surface area contributed by atoms with Gasteiger partial charge in [0.15, 0.2) is 0 Å². The van der Waals surface area contributed by atoms with Crippen LogP contribution in [0.3, 0.4) is 0 Å². The van der Waals surface area contributed by atoms with E-state index < -0.39 is 0 Å². The molecule has 0 aliphatic heterocycles. The molecule has 0 atom stereocenters. The second kappa shape index (κ2) is 4.23. The minimum atomic E-state index is -0.248. The van der Waals surface area contributed by atoms with Gasteiger partial charge in [-0.1, -0.05) is 18.2 Å². The Balaban J connectivity index is 2.35. The van der Waals surface area contributed by atoms with E-state index in [-0.39, 0.29) is 5.82 Å². The lowest BCUT2D eigenvalue weighted by atomic mass is 10.1. The van der Waals surface area contributed by atoms with Gasteiger partial charge in [0.2, 0.25) is 0 Å². The summed E-state index contributed by atoms with van der Waals surface area (Å²) in [5.74, 6) is 0.477. The zero-order valence-corrected chi connectivity index (χ0v) is 9.68. The van der Waals surface area contributed by atoms with E-state index in [1.807, 2.05) is 28.7 Å². The monoisotopic (exact) mass is 241 g/mol. The van der Waals surface area contributed by atoms with Gasteiger partial charge in [0, 0.05) is 5.56 Å². The molecule has 0 amide bonds.